The van der Waals surface area contributed by atoms with Crippen LogP contribution in [0.5, 0.6) is 0 Å². The van der Waals surface area contributed by atoms with E-state index in [0.717, 1.165) is 53.1 Å². The van der Waals surface area contributed by atoms with E-state index in [0.29, 0.717) is 17.5 Å². The first-order chi connectivity index (χ1) is 23.4. The molecular weight excluding hydrogens is 626 g/mol. The molecule has 0 saturated carbocycles. The van der Waals surface area contributed by atoms with Gasteiger partial charge in [-0.2, -0.15) is 0 Å². The lowest BCUT2D eigenvalue weighted by atomic mass is 9.77. The number of hydrogen-bond donors (Lipinski definition) is 0. The highest BCUT2D eigenvalue weighted by Gasteiger charge is 2.45. The summed E-state index contributed by atoms with van der Waals surface area (Å²) < 4.78 is 17.8. The summed E-state index contributed by atoms with van der Waals surface area (Å²) in [5.41, 5.74) is 4.75. The summed E-state index contributed by atoms with van der Waals surface area (Å²) in [5, 5.41) is 5.10. The van der Waals surface area contributed by atoms with Crippen molar-refractivity contribution in [2.75, 3.05) is 0 Å². The molecule has 3 heterocycles. The van der Waals surface area contributed by atoms with Crippen molar-refractivity contribution in [1.29, 1.82) is 0 Å². The smallest absolute Gasteiger partial charge is 0.171 e. The third-order valence-corrected chi connectivity index (χ3v) is 13.9. The van der Waals surface area contributed by atoms with Gasteiger partial charge in [-0.15, -0.1) is 11.3 Å². The number of hydrogen-bond acceptors (Lipinski definition) is 5. The van der Waals surface area contributed by atoms with Crippen LogP contribution in [0.25, 0.3) is 54.3 Å². The van der Waals surface area contributed by atoms with Crippen molar-refractivity contribution in [3.8, 4) is 34.2 Å². The highest BCUT2D eigenvalue weighted by molar-refractivity contribution is 7.85. The Morgan fingerprint density at radius 1 is 0.500 bits per heavy atom. The second kappa shape index (κ2) is 10.9. The van der Waals surface area contributed by atoms with Gasteiger partial charge in [0, 0.05) is 58.2 Å². The predicted molar refractivity (Wildman–Crippen MR) is 201 cm³/mol. The Labute approximate surface area is 283 Å². The maximum atomic E-state index is 15.5. The third-order valence-electron chi connectivity index (χ3n) is 9.60. The van der Waals surface area contributed by atoms with Crippen molar-refractivity contribution in [2.24, 2.45) is 0 Å². The van der Waals surface area contributed by atoms with Crippen molar-refractivity contribution >= 4 is 54.6 Å². The minimum absolute atomic E-state index is 0.316. The molecule has 8 aromatic rings. The molecule has 1 aliphatic heterocycles. The second-order valence-electron chi connectivity index (χ2n) is 12.8. The van der Waals surface area contributed by atoms with Gasteiger partial charge in [-0.1, -0.05) is 141 Å². The minimum atomic E-state index is -3.12. The number of rotatable bonds is 4. The molecule has 0 bridgehead atoms. The highest BCUT2D eigenvalue weighted by Crippen LogP contribution is 2.54. The van der Waals surface area contributed by atoms with Gasteiger partial charge in [0.2, 0.25) is 0 Å². The first-order valence-corrected chi connectivity index (χ1v) is 18.6. The molecule has 230 valence electrons. The van der Waals surface area contributed by atoms with Crippen LogP contribution in [0.2, 0.25) is 0 Å². The summed E-state index contributed by atoms with van der Waals surface area (Å²) in [6.07, 6.45) is 0. The number of aromatic nitrogens is 3. The van der Waals surface area contributed by atoms with Crippen molar-refractivity contribution in [3.63, 3.8) is 0 Å². The normalized spacial score (nSPS) is 16.5. The molecule has 0 N–H and O–H groups in total. The van der Waals surface area contributed by atoms with Crippen molar-refractivity contribution < 1.29 is 4.57 Å². The number of benzene rings is 6. The average molecular weight is 656 g/mol. The lowest BCUT2D eigenvalue weighted by molar-refractivity contribution is 0.586. The molecule has 0 saturated heterocycles. The second-order valence-corrected chi connectivity index (χ2v) is 16.6. The van der Waals surface area contributed by atoms with Gasteiger partial charge in [-0.05, 0) is 29.3 Å². The molecule has 0 radical (unpaired) electrons. The quantitative estimate of drug-likeness (QED) is 0.177. The van der Waals surface area contributed by atoms with E-state index >= 15 is 4.57 Å². The fourth-order valence-electron chi connectivity index (χ4n) is 7.12. The van der Waals surface area contributed by atoms with Crippen molar-refractivity contribution in [2.45, 2.75) is 19.3 Å². The Bertz CT molecular complexity index is 2500. The van der Waals surface area contributed by atoms with Crippen LogP contribution in [-0.4, -0.2) is 15.0 Å². The molecule has 9 rings (SSSR count). The Hall–Kier alpha value is -5.22. The lowest BCUT2D eigenvalue weighted by Crippen LogP contribution is -2.42. The first-order valence-electron chi connectivity index (χ1n) is 16.1. The molecule has 6 aromatic carbocycles. The Morgan fingerprint density at radius 3 is 1.69 bits per heavy atom. The van der Waals surface area contributed by atoms with Crippen LogP contribution in [0.3, 0.4) is 0 Å². The molecule has 0 fully saturated rings. The van der Waals surface area contributed by atoms with Crippen LogP contribution in [0, 0.1) is 0 Å². The van der Waals surface area contributed by atoms with Gasteiger partial charge < -0.3 is 4.57 Å². The Morgan fingerprint density at radius 2 is 1.04 bits per heavy atom. The monoisotopic (exact) mass is 655 g/mol. The van der Waals surface area contributed by atoms with Crippen LogP contribution in [0.1, 0.15) is 25.0 Å². The lowest BCUT2D eigenvalue weighted by Gasteiger charge is -2.39. The molecule has 1 unspecified atom stereocenters. The van der Waals surface area contributed by atoms with E-state index in [9.17, 15) is 0 Å². The van der Waals surface area contributed by atoms with Crippen molar-refractivity contribution in [1.82, 2.24) is 15.0 Å². The van der Waals surface area contributed by atoms with Gasteiger partial charge in [0.25, 0.3) is 0 Å². The van der Waals surface area contributed by atoms with Crippen LogP contribution in [-0.2, 0) is 9.98 Å². The van der Waals surface area contributed by atoms with Crippen LogP contribution in [0.15, 0.2) is 146 Å². The zero-order valence-electron chi connectivity index (χ0n) is 26.5. The fraction of sp³-hybridized carbons (Fsp3) is 0.0714. The number of fused-ring (bicyclic) bond motifs is 5. The van der Waals surface area contributed by atoms with Gasteiger partial charge >= 0.3 is 0 Å². The molecule has 1 aliphatic rings. The van der Waals surface area contributed by atoms with E-state index in [-0.39, 0.29) is 5.41 Å². The molecule has 4 nitrogen and oxygen atoms in total. The van der Waals surface area contributed by atoms with E-state index in [1.807, 2.05) is 97.1 Å². The van der Waals surface area contributed by atoms with E-state index < -0.39 is 7.14 Å². The molecule has 1 atom stereocenters. The molecule has 0 aliphatic carbocycles. The summed E-state index contributed by atoms with van der Waals surface area (Å²) in [7, 11) is -3.12. The molecule has 0 spiro atoms. The summed E-state index contributed by atoms with van der Waals surface area (Å²) in [6.45, 7) is 4.51. The van der Waals surface area contributed by atoms with E-state index in [4.69, 9.17) is 15.0 Å². The van der Waals surface area contributed by atoms with Gasteiger partial charge in [-0.3, -0.25) is 0 Å². The topological polar surface area (TPSA) is 55.7 Å². The molecule has 48 heavy (non-hydrogen) atoms. The largest absolute Gasteiger partial charge is 0.309 e. The zero-order chi connectivity index (χ0) is 32.5. The maximum Gasteiger partial charge on any atom is 0.171 e. The van der Waals surface area contributed by atoms with E-state index in [1.54, 1.807) is 11.3 Å². The summed E-state index contributed by atoms with van der Waals surface area (Å²) >= 11 is 1.73. The molecule has 0 amide bonds. The van der Waals surface area contributed by atoms with Gasteiger partial charge in [0.05, 0.1) is 0 Å². The SMILES string of the molecule is CC1(C)c2ccccc2P(=O)(c2ccccc2)c2cc3sc4cc(-c5nc(-c6ccccc6)nc(-c6ccccc6)n5)ccc4c3cc21. The number of thiophene rings is 1. The Balaban J connectivity index is 1.25. The van der Waals surface area contributed by atoms with Crippen LogP contribution >= 0.6 is 18.5 Å². The van der Waals surface area contributed by atoms with Crippen molar-refractivity contribution in [3.05, 3.63) is 157 Å². The molecule has 6 heteroatoms. The standard InChI is InChI=1S/C42H30N3OPS/c1-42(2)33-20-12-13-21-35(33)47(46,30-18-10-5-11-19-30)36-26-38-32(25-34(36)42)31-23-22-29(24-37(31)48-38)41-44-39(27-14-6-3-7-15-27)43-40(45-41)28-16-8-4-9-17-28/h3-26H,1-2H3. The predicted octanol–water partition coefficient (Wildman–Crippen LogP) is 9.52. The van der Waals surface area contributed by atoms with E-state index in [1.165, 1.54) is 10.8 Å². The summed E-state index contributed by atoms with van der Waals surface area (Å²) in [6, 6.07) is 49.4. The van der Waals surface area contributed by atoms with Gasteiger partial charge in [-0.25, -0.2) is 15.0 Å². The summed E-state index contributed by atoms with van der Waals surface area (Å²) in [5.74, 6) is 1.91. The van der Waals surface area contributed by atoms with E-state index in [2.05, 4.69) is 62.4 Å². The van der Waals surface area contributed by atoms with Crippen LogP contribution in [0.4, 0.5) is 0 Å². The van der Waals surface area contributed by atoms with Gasteiger partial charge in [0.15, 0.2) is 24.6 Å². The highest BCUT2D eigenvalue weighted by atomic mass is 32.1. The maximum absolute atomic E-state index is 15.5. The Kier molecular flexibility index (Phi) is 6.59. The fourth-order valence-corrected chi connectivity index (χ4v) is 11.8. The zero-order valence-corrected chi connectivity index (χ0v) is 28.2. The molecular formula is C42H30N3OPS. The summed E-state index contributed by atoms with van der Waals surface area (Å²) in [4.78, 5) is 14.8. The first kappa shape index (κ1) is 29.0. The number of nitrogens with zero attached hydrogens (tertiary/aromatic N) is 3. The average Bonchev–Trinajstić information content (AvgIpc) is 3.51. The minimum Gasteiger partial charge on any atom is -0.309 e. The van der Waals surface area contributed by atoms with Gasteiger partial charge in [0.1, 0.15) is 0 Å². The third kappa shape index (κ3) is 4.42. The molecule has 2 aromatic heterocycles. The van der Waals surface area contributed by atoms with Crippen LogP contribution < -0.4 is 15.9 Å².